The molecule has 0 aliphatic heterocycles. The number of carboxylic acids is 1. The molecule has 0 spiro atoms. The minimum Gasteiger partial charge on any atom is -0.481 e. The Labute approximate surface area is 158 Å². The van der Waals surface area contributed by atoms with E-state index in [4.69, 9.17) is 11.6 Å². The first-order valence-corrected chi connectivity index (χ1v) is 9.15. The maximum Gasteiger partial charge on any atom is 0.308 e. The van der Waals surface area contributed by atoms with E-state index in [1.54, 1.807) is 31.2 Å². The molecule has 1 aromatic rings. The van der Waals surface area contributed by atoms with Crippen LogP contribution < -0.4 is 10.6 Å². The maximum atomic E-state index is 12.6. The number of rotatable bonds is 6. The maximum absolute atomic E-state index is 12.6. The van der Waals surface area contributed by atoms with Crippen LogP contribution in [0, 0.1) is 5.92 Å². The van der Waals surface area contributed by atoms with Gasteiger partial charge in [-0.25, -0.2) is 0 Å². The Kier molecular flexibility index (Phi) is 6.64. The minimum absolute atomic E-state index is 0.0309. The van der Waals surface area contributed by atoms with Gasteiger partial charge in [0.1, 0.15) is 0 Å². The third-order valence-corrected chi connectivity index (χ3v) is 5.22. The van der Waals surface area contributed by atoms with E-state index in [1.807, 2.05) is 0 Å². The zero-order chi connectivity index (χ0) is 19.3. The molecule has 0 aromatic heterocycles. The van der Waals surface area contributed by atoms with E-state index in [1.165, 1.54) is 6.92 Å². The molecule has 142 valence electrons. The van der Waals surface area contributed by atoms with E-state index in [2.05, 4.69) is 10.6 Å². The van der Waals surface area contributed by atoms with Crippen molar-refractivity contribution in [3.8, 4) is 0 Å². The lowest BCUT2D eigenvalue weighted by Gasteiger charge is -2.40. The number of hydrogen-bond acceptors (Lipinski definition) is 3. The Hall–Kier alpha value is -2.08. The molecule has 2 amide bonds. The SMILES string of the molecule is CC(=O)NC(CC(=O)NC1(C)CCCCC1C(=O)O)c1ccc(Cl)cc1. The molecule has 0 bridgehead atoms. The van der Waals surface area contributed by atoms with Crippen molar-refractivity contribution in [3.63, 3.8) is 0 Å². The molecule has 1 saturated carbocycles. The predicted octanol–water partition coefficient (Wildman–Crippen LogP) is 3.06. The van der Waals surface area contributed by atoms with Gasteiger partial charge >= 0.3 is 5.97 Å². The minimum atomic E-state index is -0.886. The molecule has 1 aromatic carbocycles. The number of carboxylic acid groups (broad SMARTS) is 1. The second-order valence-corrected chi connectivity index (χ2v) is 7.55. The van der Waals surface area contributed by atoms with Crippen LogP contribution in [0.1, 0.15) is 57.6 Å². The topological polar surface area (TPSA) is 95.5 Å². The smallest absolute Gasteiger partial charge is 0.308 e. The number of halogens is 1. The highest BCUT2D eigenvalue weighted by Gasteiger charge is 2.42. The highest BCUT2D eigenvalue weighted by molar-refractivity contribution is 6.30. The van der Waals surface area contributed by atoms with E-state index in [-0.39, 0.29) is 18.2 Å². The van der Waals surface area contributed by atoms with Crippen molar-refractivity contribution < 1.29 is 19.5 Å². The van der Waals surface area contributed by atoms with E-state index in [0.717, 1.165) is 18.4 Å². The Morgan fingerprint density at radius 1 is 1.27 bits per heavy atom. The summed E-state index contributed by atoms with van der Waals surface area (Å²) in [6, 6.07) is 6.43. The second kappa shape index (κ2) is 8.54. The molecule has 7 heteroatoms. The van der Waals surface area contributed by atoms with Gasteiger partial charge in [-0.3, -0.25) is 14.4 Å². The summed E-state index contributed by atoms with van der Waals surface area (Å²) in [6.45, 7) is 3.18. The molecule has 3 unspecified atom stereocenters. The Morgan fingerprint density at radius 2 is 1.92 bits per heavy atom. The first-order valence-electron chi connectivity index (χ1n) is 8.77. The van der Waals surface area contributed by atoms with Crippen molar-refractivity contribution in [2.45, 2.75) is 57.5 Å². The van der Waals surface area contributed by atoms with Crippen LogP contribution in [-0.2, 0) is 14.4 Å². The van der Waals surface area contributed by atoms with Gasteiger partial charge in [-0.2, -0.15) is 0 Å². The van der Waals surface area contributed by atoms with Gasteiger partial charge in [-0.15, -0.1) is 0 Å². The molecule has 26 heavy (non-hydrogen) atoms. The molecular weight excluding hydrogens is 356 g/mol. The predicted molar refractivity (Wildman–Crippen MR) is 98.8 cm³/mol. The number of amides is 2. The quantitative estimate of drug-likeness (QED) is 0.706. The highest BCUT2D eigenvalue weighted by Crippen LogP contribution is 2.34. The van der Waals surface area contributed by atoms with Crippen LogP contribution in [-0.4, -0.2) is 28.4 Å². The molecular formula is C19H25ClN2O4. The molecule has 1 aliphatic carbocycles. The summed E-state index contributed by atoms with van der Waals surface area (Å²) in [5.41, 5.74) is -0.00888. The van der Waals surface area contributed by atoms with E-state index in [0.29, 0.717) is 17.9 Å². The van der Waals surface area contributed by atoms with Crippen molar-refractivity contribution in [2.24, 2.45) is 5.92 Å². The average molecular weight is 381 g/mol. The molecule has 1 fully saturated rings. The van der Waals surface area contributed by atoms with E-state index in [9.17, 15) is 19.5 Å². The summed E-state index contributed by atoms with van der Waals surface area (Å²) >= 11 is 5.90. The van der Waals surface area contributed by atoms with Crippen molar-refractivity contribution in [1.82, 2.24) is 10.6 Å². The number of carbonyl (C=O) groups excluding carboxylic acids is 2. The largest absolute Gasteiger partial charge is 0.481 e. The molecule has 2 rings (SSSR count). The van der Waals surface area contributed by atoms with Crippen LogP contribution in [0.3, 0.4) is 0 Å². The van der Waals surface area contributed by atoms with E-state index < -0.39 is 23.5 Å². The summed E-state index contributed by atoms with van der Waals surface area (Å²) in [5, 5.41) is 15.7. The van der Waals surface area contributed by atoms with Crippen LogP contribution in [0.2, 0.25) is 5.02 Å². The molecule has 6 nitrogen and oxygen atoms in total. The fraction of sp³-hybridized carbons (Fsp3) is 0.526. The van der Waals surface area contributed by atoms with Gasteiger partial charge < -0.3 is 15.7 Å². The fourth-order valence-corrected chi connectivity index (χ4v) is 3.75. The summed E-state index contributed by atoms with van der Waals surface area (Å²) in [6.07, 6.45) is 2.94. The van der Waals surface area contributed by atoms with Crippen LogP contribution in [0.4, 0.5) is 0 Å². The van der Waals surface area contributed by atoms with E-state index >= 15 is 0 Å². The molecule has 0 heterocycles. The van der Waals surface area contributed by atoms with Crippen LogP contribution >= 0.6 is 11.6 Å². The number of hydrogen-bond donors (Lipinski definition) is 3. The zero-order valence-corrected chi connectivity index (χ0v) is 15.8. The third kappa shape index (κ3) is 5.21. The molecule has 3 atom stereocenters. The van der Waals surface area contributed by atoms with Crippen LogP contribution in [0.5, 0.6) is 0 Å². The average Bonchev–Trinajstić information content (AvgIpc) is 2.54. The standard InChI is InChI=1S/C19H25ClN2O4/c1-12(23)21-16(13-6-8-14(20)9-7-13)11-17(24)22-19(2)10-4-3-5-15(19)18(25)26/h6-9,15-16H,3-5,10-11H2,1-2H3,(H,21,23)(H,22,24)(H,25,26). The zero-order valence-electron chi connectivity index (χ0n) is 15.0. The molecule has 3 N–H and O–H groups in total. The summed E-state index contributed by atoms with van der Waals surface area (Å²) in [4.78, 5) is 35.7. The molecule has 0 saturated heterocycles. The summed E-state index contributed by atoms with van der Waals surface area (Å²) < 4.78 is 0. The number of nitrogens with one attached hydrogen (secondary N) is 2. The van der Waals surface area contributed by atoms with Gasteiger partial charge in [0.2, 0.25) is 11.8 Å². The van der Waals surface area contributed by atoms with Gasteiger partial charge in [-0.05, 0) is 37.5 Å². The van der Waals surface area contributed by atoms with Gasteiger partial charge in [0.25, 0.3) is 0 Å². The molecule has 1 aliphatic rings. The number of benzene rings is 1. The normalized spacial score (nSPS) is 23.7. The van der Waals surface area contributed by atoms with Crippen molar-refractivity contribution in [1.29, 1.82) is 0 Å². The lowest BCUT2D eigenvalue weighted by molar-refractivity contribution is -0.146. The Morgan fingerprint density at radius 3 is 2.50 bits per heavy atom. The van der Waals surface area contributed by atoms with Crippen LogP contribution in [0.25, 0.3) is 0 Å². The van der Waals surface area contributed by atoms with Crippen molar-refractivity contribution in [2.75, 3.05) is 0 Å². The first kappa shape index (κ1) is 20.2. The van der Waals surface area contributed by atoms with Crippen molar-refractivity contribution in [3.05, 3.63) is 34.9 Å². The van der Waals surface area contributed by atoms with Gasteiger partial charge in [0.05, 0.1) is 23.9 Å². The molecule has 0 radical (unpaired) electrons. The van der Waals surface area contributed by atoms with Crippen molar-refractivity contribution >= 4 is 29.4 Å². The summed E-state index contributed by atoms with van der Waals surface area (Å²) in [5.74, 6) is -2.02. The lowest BCUT2D eigenvalue weighted by Crippen LogP contribution is -2.55. The van der Waals surface area contributed by atoms with Gasteiger partial charge in [0, 0.05) is 11.9 Å². The second-order valence-electron chi connectivity index (χ2n) is 7.11. The fourth-order valence-electron chi connectivity index (χ4n) is 3.63. The monoisotopic (exact) mass is 380 g/mol. The number of carbonyl (C=O) groups is 3. The summed E-state index contributed by atoms with van der Waals surface area (Å²) in [7, 11) is 0. The number of aliphatic carboxylic acids is 1. The lowest BCUT2D eigenvalue weighted by atomic mass is 9.73. The highest BCUT2D eigenvalue weighted by atomic mass is 35.5. The van der Waals surface area contributed by atoms with Gasteiger partial charge in [-0.1, -0.05) is 36.6 Å². The Bertz CT molecular complexity index is 677. The first-order chi connectivity index (χ1) is 12.2. The third-order valence-electron chi connectivity index (χ3n) is 4.97. The van der Waals surface area contributed by atoms with Crippen LogP contribution in [0.15, 0.2) is 24.3 Å². The van der Waals surface area contributed by atoms with Gasteiger partial charge in [0.15, 0.2) is 0 Å². The Balaban J connectivity index is 2.12.